The van der Waals surface area contributed by atoms with Gasteiger partial charge in [-0.2, -0.15) is 0 Å². The first-order valence-electron chi connectivity index (χ1n) is 14.0. The Labute approximate surface area is 254 Å². The van der Waals surface area contributed by atoms with Crippen molar-refractivity contribution in [3.8, 4) is 5.75 Å². The van der Waals surface area contributed by atoms with E-state index in [1.807, 2.05) is 68.4 Å². The standard InChI is InChI=1S/C34H33ClN2O4S/c1-6-40-33(39)29-30(23-10-8-7-9-11-23)36-34-37(31(29)24-14-12-22(13-15-24)20(2)3)32(38)28(42-34)19-25-18-26(35)16-17-27(25)41-21(4)5/h7-21,31H,6H2,1-5H3/b28-19-/t31-/m1/s1. The van der Waals surface area contributed by atoms with Crippen molar-refractivity contribution in [1.82, 2.24) is 4.57 Å². The summed E-state index contributed by atoms with van der Waals surface area (Å²) in [4.78, 5) is 33.3. The van der Waals surface area contributed by atoms with Crippen LogP contribution in [-0.4, -0.2) is 23.2 Å². The van der Waals surface area contributed by atoms with E-state index in [1.54, 1.807) is 35.8 Å². The number of carbonyl (C=O) groups excluding carboxylic acids is 1. The van der Waals surface area contributed by atoms with E-state index >= 15 is 0 Å². The Morgan fingerprint density at radius 3 is 2.40 bits per heavy atom. The Morgan fingerprint density at radius 1 is 1.05 bits per heavy atom. The summed E-state index contributed by atoms with van der Waals surface area (Å²) in [6.45, 7) is 10.1. The van der Waals surface area contributed by atoms with Gasteiger partial charge in [0, 0.05) is 16.1 Å². The predicted molar refractivity (Wildman–Crippen MR) is 169 cm³/mol. The molecule has 0 N–H and O–H groups in total. The fraction of sp³-hybridized carbons (Fsp3) is 0.265. The Bertz CT molecular complexity index is 1820. The summed E-state index contributed by atoms with van der Waals surface area (Å²) in [5.74, 6) is 0.453. The average molecular weight is 601 g/mol. The van der Waals surface area contributed by atoms with Crippen molar-refractivity contribution in [3.05, 3.63) is 125 Å². The highest BCUT2D eigenvalue weighted by atomic mass is 35.5. The molecule has 0 aliphatic carbocycles. The second-order valence-electron chi connectivity index (χ2n) is 10.6. The summed E-state index contributed by atoms with van der Waals surface area (Å²) in [6, 6.07) is 22.2. The average Bonchev–Trinajstić information content (AvgIpc) is 3.28. The van der Waals surface area contributed by atoms with Gasteiger partial charge < -0.3 is 9.47 Å². The molecule has 3 aromatic carbocycles. The lowest BCUT2D eigenvalue weighted by Crippen LogP contribution is -2.40. The highest BCUT2D eigenvalue weighted by Crippen LogP contribution is 2.35. The fourth-order valence-electron chi connectivity index (χ4n) is 4.95. The van der Waals surface area contributed by atoms with Gasteiger partial charge in [0.05, 0.1) is 34.6 Å². The molecule has 1 aromatic heterocycles. The third-order valence-corrected chi connectivity index (χ3v) is 8.13. The topological polar surface area (TPSA) is 69.9 Å². The number of halogens is 1. The highest BCUT2D eigenvalue weighted by molar-refractivity contribution is 7.07. The molecule has 0 fully saturated rings. The van der Waals surface area contributed by atoms with Crippen LogP contribution in [0.5, 0.6) is 5.75 Å². The maximum absolute atomic E-state index is 14.2. The minimum atomic E-state index is -0.732. The molecule has 0 unspecified atom stereocenters. The predicted octanol–water partition coefficient (Wildman–Crippen LogP) is 6.50. The van der Waals surface area contributed by atoms with Gasteiger partial charge in [-0.3, -0.25) is 9.36 Å². The summed E-state index contributed by atoms with van der Waals surface area (Å²) < 4.78 is 13.6. The molecule has 6 nitrogen and oxygen atoms in total. The van der Waals surface area contributed by atoms with Crippen molar-refractivity contribution >= 4 is 40.7 Å². The highest BCUT2D eigenvalue weighted by Gasteiger charge is 2.35. The Balaban J connectivity index is 1.81. The maximum atomic E-state index is 14.2. The summed E-state index contributed by atoms with van der Waals surface area (Å²) in [5.41, 5.74) is 3.97. The van der Waals surface area contributed by atoms with Crippen molar-refractivity contribution in [2.45, 2.75) is 52.7 Å². The van der Waals surface area contributed by atoms with Crippen molar-refractivity contribution in [2.24, 2.45) is 4.99 Å². The van der Waals surface area contributed by atoms with Gasteiger partial charge in [0.15, 0.2) is 4.80 Å². The fourth-order valence-corrected chi connectivity index (χ4v) is 6.13. The van der Waals surface area contributed by atoms with Gasteiger partial charge >= 0.3 is 5.97 Å². The van der Waals surface area contributed by atoms with Gasteiger partial charge in [0.25, 0.3) is 5.56 Å². The zero-order chi connectivity index (χ0) is 30.0. The SMILES string of the molecule is CCOC(=O)C1=C(c2ccccc2)N=c2s/c(=C\c3cc(Cl)ccc3OC(C)C)c(=O)n2[C@@H]1c1ccc(C(C)C)cc1. The van der Waals surface area contributed by atoms with Gasteiger partial charge in [-0.1, -0.05) is 91.4 Å². The molecule has 4 aromatic rings. The Hall–Kier alpha value is -3.94. The first-order valence-corrected chi connectivity index (χ1v) is 15.2. The van der Waals surface area contributed by atoms with Gasteiger partial charge in [0.1, 0.15) is 5.75 Å². The largest absolute Gasteiger partial charge is 0.490 e. The molecule has 1 aliphatic heterocycles. The van der Waals surface area contributed by atoms with Gasteiger partial charge in [0.2, 0.25) is 0 Å². The number of esters is 1. The van der Waals surface area contributed by atoms with Crippen LogP contribution >= 0.6 is 22.9 Å². The number of rotatable bonds is 8. The van der Waals surface area contributed by atoms with Gasteiger partial charge in [-0.15, -0.1) is 0 Å². The van der Waals surface area contributed by atoms with E-state index in [9.17, 15) is 9.59 Å². The first-order chi connectivity index (χ1) is 20.2. The molecule has 0 radical (unpaired) electrons. The molecule has 216 valence electrons. The van der Waals surface area contributed by atoms with Gasteiger partial charge in [-0.25, -0.2) is 9.79 Å². The van der Waals surface area contributed by atoms with Crippen LogP contribution in [0.25, 0.3) is 11.8 Å². The molecule has 0 amide bonds. The third-order valence-electron chi connectivity index (χ3n) is 6.91. The quantitative estimate of drug-likeness (QED) is 0.217. The van der Waals surface area contributed by atoms with Crippen LogP contribution < -0.4 is 19.6 Å². The number of ether oxygens (including phenoxy) is 2. The van der Waals surface area contributed by atoms with Crippen LogP contribution in [-0.2, 0) is 9.53 Å². The van der Waals surface area contributed by atoms with E-state index in [0.717, 1.165) is 16.7 Å². The maximum Gasteiger partial charge on any atom is 0.338 e. The van der Waals surface area contributed by atoms with Crippen LogP contribution in [0.4, 0.5) is 0 Å². The lowest BCUT2D eigenvalue weighted by Gasteiger charge is -2.26. The number of hydrogen-bond donors (Lipinski definition) is 0. The van der Waals surface area contributed by atoms with Crippen LogP contribution in [0.1, 0.15) is 68.8 Å². The monoisotopic (exact) mass is 600 g/mol. The Morgan fingerprint density at radius 2 is 1.76 bits per heavy atom. The van der Waals surface area contributed by atoms with Crippen molar-refractivity contribution < 1.29 is 14.3 Å². The summed E-state index contributed by atoms with van der Waals surface area (Å²) in [5, 5.41) is 0.532. The van der Waals surface area contributed by atoms with E-state index in [1.165, 1.54) is 11.3 Å². The lowest BCUT2D eigenvalue weighted by atomic mass is 9.91. The minimum Gasteiger partial charge on any atom is -0.490 e. The molecule has 0 spiro atoms. The van der Waals surface area contributed by atoms with Crippen molar-refractivity contribution in [3.63, 3.8) is 0 Å². The van der Waals surface area contributed by atoms with Crippen LogP contribution in [0.3, 0.4) is 0 Å². The number of hydrogen-bond acceptors (Lipinski definition) is 6. The molecule has 1 aliphatic rings. The normalized spacial score (nSPS) is 15.1. The summed E-state index contributed by atoms with van der Waals surface area (Å²) in [7, 11) is 0. The molecule has 5 rings (SSSR count). The molecule has 0 saturated carbocycles. The zero-order valence-electron chi connectivity index (χ0n) is 24.3. The van der Waals surface area contributed by atoms with E-state index in [0.29, 0.717) is 42.9 Å². The van der Waals surface area contributed by atoms with E-state index < -0.39 is 12.0 Å². The number of aromatic nitrogens is 1. The molecule has 0 bridgehead atoms. The molecule has 8 heteroatoms. The second-order valence-corrected chi connectivity index (χ2v) is 12.0. The number of benzene rings is 3. The zero-order valence-corrected chi connectivity index (χ0v) is 25.8. The molecular weight excluding hydrogens is 568 g/mol. The van der Waals surface area contributed by atoms with Crippen molar-refractivity contribution in [1.29, 1.82) is 0 Å². The third kappa shape index (κ3) is 5.98. The Kier molecular flexibility index (Phi) is 8.80. The number of carbonyl (C=O) groups is 1. The first kappa shape index (κ1) is 29.5. The van der Waals surface area contributed by atoms with E-state index in [4.69, 9.17) is 26.1 Å². The van der Waals surface area contributed by atoms with Crippen molar-refractivity contribution in [2.75, 3.05) is 6.61 Å². The molecule has 2 heterocycles. The molecular formula is C34H33ClN2O4S. The van der Waals surface area contributed by atoms with E-state index in [2.05, 4.69) is 13.8 Å². The summed E-state index contributed by atoms with van der Waals surface area (Å²) in [6.07, 6.45) is 1.72. The van der Waals surface area contributed by atoms with Crippen LogP contribution in [0, 0.1) is 0 Å². The summed E-state index contributed by atoms with van der Waals surface area (Å²) >= 11 is 7.60. The number of thiazole rings is 1. The van der Waals surface area contributed by atoms with Crippen LogP contribution in [0.15, 0.2) is 88.2 Å². The molecule has 42 heavy (non-hydrogen) atoms. The smallest absolute Gasteiger partial charge is 0.338 e. The van der Waals surface area contributed by atoms with Gasteiger partial charge in [-0.05, 0) is 62.1 Å². The minimum absolute atomic E-state index is 0.0612. The number of fused-ring (bicyclic) bond motifs is 1. The second kappa shape index (κ2) is 12.5. The molecule has 1 atom stereocenters. The van der Waals surface area contributed by atoms with Crippen LogP contribution in [0.2, 0.25) is 5.02 Å². The lowest BCUT2D eigenvalue weighted by molar-refractivity contribution is -0.138. The van der Waals surface area contributed by atoms with E-state index in [-0.39, 0.29) is 18.3 Å². The number of nitrogens with zero attached hydrogens (tertiary/aromatic N) is 2. The molecule has 0 saturated heterocycles.